The predicted octanol–water partition coefficient (Wildman–Crippen LogP) is 0.584. The van der Waals surface area contributed by atoms with E-state index in [0.29, 0.717) is 12.5 Å². The molecular weight excluding hydrogens is 276 g/mol. The molecule has 0 aliphatic carbocycles. The van der Waals surface area contributed by atoms with Crippen molar-refractivity contribution in [2.24, 2.45) is 5.92 Å². The lowest BCUT2D eigenvalue weighted by atomic mass is 9.94. The summed E-state index contributed by atoms with van der Waals surface area (Å²) in [5.74, 6) is 1.21. The van der Waals surface area contributed by atoms with E-state index in [1.165, 1.54) is 0 Å². The molecule has 0 aromatic carbocycles. The van der Waals surface area contributed by atoms with Gasteiger partial charge in [-0.15, -0.1) is 0 Å². The second-order valence-corrected chi connectivity index (χ2v) is 7.49. The molecule has 2 aliphatic rings. The van der Waals surface area contributed by atoms with Crippen LogP contribution in [0.2, 0.25) is 0 Å². The van der Waals surface area contributed by atoms with Gasteiger partial charge in [-0.3, -0.25) is 0 Å². The van der Waals surface area contributed by atoms with E-state index in [9.17, 15) is 8.42 Å². The lowest BCUT2D eigenvalue weighted by molar-refractivity contribution is 0.217. The number of nitrogens with one attached hydrogen (secondary N) is 1. The third-order valence-corrected chi connectivity index (χ3v) is 6.29. The van der Waals surface area contributed by atoms with Gasteiger partial charge in [-0.1, -0.05) is 0 Å². The highest BCUT2D eigenvalue weighted by Gasteiger charge is 2.42. The van der Waals surface area contributed by atoms with E-state index in [2.05, 4.69) is 10.3 Å². The van der Waals surface area contributed by atoms with Crippen LogP contribution in [-0.4, -0.2) is 48.0 Å². The lowest BCUT2D eigenvalue weighted by Gasteiger charge is -2.35. The van der Waals surface area contributed by atoms with Gasteiger partial charge in [0.1, 0.15) is 5.82 Å². The zero-order valence-electron chi connectivity index (χ0n) is 12.0. The van der Waals surface area contributed by atoms with Gasteiger partial charge in [-0.2, -0.15) is 4.31 Å². The second kappa shape index (κ2) is 5.13. The van der Waals surface area contributed by atoms with Crippen molar-refractivity contribution in [2.75, 3.05) is 19.6 Å². The molecule has 3 rings (SSSR count). The van der Waals surface area contributed by atoms with E-state index in [-0.39, 0.29) is 11.1 Å². The molecule has 1 N–H and O–H groups in total. The van der Waals surface area contributed by atoms with Crippen LogP contribution in [0.15, 0.2) is 11.2 Å². The van der Waals surface area contributed by atoms with Gasteiger partial charge in [0.15, 0.2) is 5.03 Å². The van der Waals surface area contributed by atoms with Crippen molar-refractivity contribution in [3.8, 4) is 0 Å². The van der Waals surface area contributed by atoms with Crippen molar-refractivity contribution < 1.29 is 8.42 Å². The van der Waals surface area contributed by atoms with Gasteiger partial charge >= 0.3 is 0 Å². The summed E-state index contributed by atoms with van der Waals surface area (Å²) in [6, 6.07) is 0.0980. The number of piperidine rings is 1. The fourth-order valence-electron chi connectivity index (χ4n) is 3.37. The number of hydrogen-bond acceptors (Lipinski definition) is 4. The predicted molar refractivity (Wildman–Crippen MR) is 75.9 cm³/mol. The number of sulfonamides is 1. The summed E-state index contributed by atoms with van der Waals surface area (Å²) >= 11 is 0. The number of aryl methyl sites for hydroxylation is 2. The number of aromatic nitrogens is 2. The molecule has 20 heavy (non-hydrogen) atoms. The summed E-state index contributed by atoms with van der Waals surface area (Å²) in [4.78, 5) is 4.26. The normalized spacial score (nSPS) is 27.7. The molecule has 2 fully saturated rings. The van der Waals surface area contributed by atoms with Crippen LogP contribution in [0.3, 0.4) is 0 Å². The van der Waals surface area contributed by atoms with E-state index in [0.717, 1.165) is 38.3 Å². The minimum absolute atomic E-state index is 0.0980. The van der Waals surface area contributed by atoms with Gasteiger partial charge in [-0.25, -0.2) is 13.4 Å². The zero-order chi connectivity index (χ0) is 14.3. The van der Waals surface area contributed by atoms with E-state index in [4.69, 9.17) is 0 Å². The molecule has 2 atom stereocenters. The molecule has 1 aromatic heterocycles. The molecule has 1 aromatic rings. The van der Waals surface area contributed by atoms with Crippen LogP contribution in [0.1, 0.15) is 25.6 Å². The molecule has 0 amide bonds. The van der Waals surface area contributed by atoms with Gasteiger partial charge in [0.05, 0.1) is 0 Å². The molecule has 2 aliphatic heterocycles. The summed E-state index contributed by atoms with van der Waals surface area (Å²) in [7, 11) is -3.47. The van der Waals surface area contributed by atoms with Crippen molar-refractivity contribution in [1.29, 1.82) is 0 Å². The first-order chi connectivity index (χ1) is 9.54. The van der Waals surface area contributed by atoms with Crippen LogP contribution < -0.4 is 5.32 Å². The molecule has 6 nitrogen and oxygen atoms in total. The monoisotopic (exact) mass is 298 g/mol. The maximum Gasteiger partial charge on any atom is 0.262 e. The van der Waals surface area contributed by atoms with Gasteiger partial charge in [-0.05, 0) is 39.2 Å². The Morgan fingerprint density at radius 3 is 2.95 bits per heavy atom. The molecule has 0 radical (unpaired) electrons. The van der Waals surface area contributed by atoms with Crippen LogP contribution in [0.4, 0.5) is 0 Å². The van der Waals surface area contributed by atoms with Crippen LogP contribution in [0.5, 0.6) is 0 Å². The van der Waals surface area contributed by atoms with Gasteiger partial charge < -0.3 is 9.88 Å². The maximum absolute atomic E-state index is 12.8. The zero-order valence-corrected chi connectivity index (χ0v) is 12.9. The first kappa shape index (κ1) is 14.0. The van der Waals surface area contributed by atoms with Crippen molar-refractivity contribution in [1.82, 2.24) is 19.2 Å². The van der Waals surface area contributed by atoms with Gasteiger partial charge in [0, 0.05) is 31.9 Å². The topological polar surface area (TPSA) is 67.2 Å². The average Bonchev–Trinajstić information content (AvgIpc) is 3.04. The van der Waals surface area contributed by atoms with Gasteiger partial charge in [0.25, 0.3) is 10.0 Å². The number of fused-ring (bicyclic) bond motifs is 1. The second-order valence-electron chi connectivity index (χ2n) is 5.66. The molecule has 0 saturated carbocycles. The molecule has 112 valence electrons. The smallest absolute Gasteiger partial charge is 0.262 e. The standard InChI is InChI=1S/C13H22N4O2S/c1-3-16-9-13(15-10(16)2)20(18,19)17-6-4-5-11-7-14-8-12(11)17/h9,11-12,14H,3-8H2,1-2H3. The van der Waals surface area contributed by atoms with Crippen LogP contribution >= 0.6 is 0 Å². The molecule has 3 heterocycles. The van der Waals surface area contributed by atoms with E-state index in [1.807, 2.05) is 18.4 Å². The first-order valence-corrected chi connectivity index (χ1v) is 8.74. The number of hydrogen-bond donors (Lipinski definition) is 1. The van der Waals surface area contributed by atoms with Gasteiger partial charge in [0.2, 0.25) is 0 Å². The quantitative estimate of drug-likeness (QED) is 0.886. The Morgan fingerprint density at radius 2 is 2.25 bits per heavy atom. The Bertz CT molecular complexity index is 596. The van der Waals surface area contributed by atoms with E-state index >= 15 is 0 Å². The molecule has 2 unspecified atom stereocenters. The van der Waals surface area contributed by atoms with E-state index in [1.54, 1.807) is 10.5 Å². The molecule has 2 saturated heterocycles. The van der Waals surface area contributed by atoms with Crippen molar-refractivity contribution in [3.05, 3.63) is 12.0 Å². The summed E-state index contributed by atoms with van der Waals surface area (Å²) < 4.78 is 29.2. The number of imidazole rings is 1. The third kappa shape index (κ3) is 2.17. The van der Waals surface area contributed by atoms with Crippen LogP contribution in [-0.2, 0) is 16.6 Å². The SMILES string of the molecule is CCn1cc(S(=O)(=O)N2CCCC3CNCC32)nc1C. The number of nitrogens with zero attached hydrogens (tertiary/aromatic N) is 3. The van der Waals surface area contributed by atoms with Crippen molar-refractivity contribution in [3.63, 3.8) is 0 Å². The highest BCUT2D eigenvalue weighted by atomic mass is 32.2. The maximum atomic E-state index is 12.8. The van der Waals surface area contributed by atoms with E-state index < -0.39 is 10.0 Å². The molecule has 0 bridgehead atoms. The fourth-order valence-corrected chi connectivity index (χ4v) is 5.09. The Morgan fingerprint density at radius 1 is 1.45 bits per heavy atom. The molecule has 7 heteroatoms. The summed E-state index contributed by atoms with van der Waals surface area (Å²) in [5.41, 5.74) is 0. The first-order valence-electron chi connectivity index (χ1n) is 7.30. The Labute approximate surface area is 120 Å². The minimum atomic E-state index is -3.47. The Balaban J connectivity index is 1.94. The fraction of sp³-hybridized carbons (Fsp3) is 0.769. The number of rotatable bonds is 3. The largest absolute Gasteiger partial charge is 0.334 e. The van der Waals surface area contributed by atoms with Crippen LogP contribution in [0, 0.1) is 12.8 Å². The summed E-state index contributed by atoms with van der Waals surface area (Å²) in [6.07, 6.45) is 3.72. The lowest BCUT2D eigenvalue weighted by Crippen LogP contribution is -2.48. The Kier molecular flexibility index (Phi) is 3.60. The highest BCUT2D eigenvalue weighted by molar-refractivity contribution is 7.89. The summed E-state index contributed by atoms with van der Waals surface area (Å²) in [5, 5.41) is 3.51. The van der Waals surface area contributed by atoms with Crippen molar-refractivity contribution in [2.45, 2.75) is 44.3 Å². The van der Waals surface area contributed by atoms with Crippen LogP contribution in [0.25, 0.3) is 0 Å². The summed E-state index contributed by atoms with van der Waals surface area (Å²) in [6.45, 7) is 6.88. The van der Waals surface area contributed by atoms with Crippen molar-refractivity contribution >= 4 is 10.0 Å². The Hall–Kier alpha value is -0.920. The average molecular weight is 298 g/mol. The molecular formula is C13H22N4O2S. The third-order valence-electron chi connectivity index (χ3n) is 4.50. The molecule has 0 spiro atoms. The minimum Gasteiger partial charge on any atom is -0.334 e. The highest BCUT2D eigenvalue weighted by Crippen LogP contribution is 2.30.